The van der Waals surface area contributed by atoms with Gasteiger partial charge in [0.1, 0.15) is 11.7 Å². The van der Waals surface area contributed by atoms with E-state index in [1.807, 2.05) is 0 Å². The van der Waals surface area contributed by atoms with Gasteiger partial charge in [-0.2, -0.15) is 36.2 Å². The quantitative estimate of drug-likeness (QED) is 0.131. The molecule has 0 fully saturated rings. The van der Waals surface area contributed by atoms with Gasteiger partial charge in [0.2, 0.25) is 5.69 Å². The Hall–Kier alpha value is -4.58. The van der Waals surface area contributed by atoms with Crippen LogP contribution in [-0.2, 0) is 18.0 Å². The van der Waals surface area contributed by atoms with Crippen molar-refractivity contribution >= 4 is 11.6 Å². The van der Waals surface area contributed by atoms with E-state index < -0.39 is 42.9 Å². The molecule has 0 saturated heterocycles. The van der Waals surface area contributed by atoms with Gasteiger partial charge >= 0.3 is 12.8 Å². The highest BCUT2D eigenvalue weighted by Crippen LogP contribution is 2.35. The number of aromatic nitrogens is 9. The van der Waals surface area contributed by atoms with Gasteiger partial charge in [-0.15, -0.1) is 5.10 Å². The number of rotatable bonds is 9. The first kappa shape index (κ1) is 29.9. The van der Waals surface area contributed by atoms with E-state index in [1.165, 1.54) is 42.3 Å². The van der Waals surface area contributed by atoms with Gasteiger partial charge < -0.3 is 9.94 Å². The van der Waals surface area contributed by atoms with Crippen molar-refractivity contribution in [1.82, 2.24) is 39.8 Å². The van der Waals surface area contributed by atoms with E-state index in [1.54, 1.807) is 0 Å². The van der Waals surface area contributed by atoms with Crippen LogP contribution in [0.2, 0.25) is 5.02 Å². The van der Waals surface area contributed by atoms with E-state index >= 15 is 4.39 Å². The molecule has 1 aromatic carbocycles. The van der Waals surface area contributed by atoms with Gasteiger partial charge in [0.15, 0.2) is 17.7 Å². The molecule has 0 saturated carbocycles. The number of aryl methyl sites for hydroxylation is 1. The number of benzene rings is 1. The average molecular weight is 632 g/mol. The van der Waals surface area contributed by atoms with Crippen molar-refractivity contribution in [3.05, 3.63) is 82.4 Å². The second kappa shape index (κ2) is 11.6. The zero-order chi connectivity index (χ0) is 31.1. The summed E-state index contributed by atoms with van der Waals surface area (Å²) in [7, 11) is 1.44. The first-order chi connectivity index (χ1) is 20.3. The Morgan fingerprint density at radius 2 is 1.81 bits per heavy atom. The summed E-state index contributed by atoms with van der Waals surface area (Å²) in [6, 6.07) is 3.77. The Morgan fingerprint density at radius 3 is 2.44 bits per heavy atom. The van der Waals surface area contributed by atoms with Gasteiger partial charge in [-0.1, -0.05) is 27.1 Å². The van der Waals surface area contributed by atoms with E-state index in [-0.39, 0.29) is 45.2 Å². The highest BCUT2D eigenvalue weighted by Gasteiger charge is 2.35. The molecule has 1 atom stereocenters. The number of halogens is 8. The maximum atomic E-state index is 15.3. The van der Waals surface area contributed by atoms with Crippen LogP contribution in [-0.4, -0.2) is 53.0 Å². The number of nitrogens with zero attached hydrogens (tertiary/aromatic N) is 9. The number of alkyl halides is 5. The SMILES string of the molecule is Cn1nnc(F)c1-c1cnn([C@@H](CCOC(F)F)c2ccc(-c3c(-n4cc(C(F)(F)F)nn4)ccc(Cl)c3F)c[n+]2[O-])c1. The lowest BCUT2D eigenvalue weighted by Gasteiger charge is -2.18. The standard InChI is InChI=1S/C24H17ClF7N9O2/c1-38-21(22(27)35-36-38)13-8-33-39(9-13)15(6-7-43-23(28)29)16-4-2-12(10-41(16)42)19-17(5-3-14(25)20(19)26)40-11-18(34-37-40)24(30,31)32/h2-5,8-11,15,23H,6-7H2,1H3/t15-/m0/s1. The Bertz CT molecular complexity index is 1750. The molecule has 0 aliphatic heterocycles. The van der Waals surface area contributed by atoms with E-state index in [4.69, 9.17) is 11.6 Å². The van der Waals surface area contributed by atoms with Crippen LogP contribution in [0, 0.1) is 17.0 Å². The topological polar surface area (TPSA) is 115 Å². The first-order valence-corrected chi connectivity index (χ1v) is 12.4. The van der Waals surface area contributed by atoms with Gasteiger partial charge in [-0.25, -0.2) is 13.8 Å². The van der Waals surface area contributed by atoms with Gasteiger partial charge in [-0.05, 0) is 18.2 Å². The molecule has 0 bridgehead atoms. The van der Waals surface area contributed by atoms with Gasteiger partial charge in [0.25, 0.3) is 5.95 Å². The fourth-order valence-electron chi connectivity index (χ4n) is 4.37. The van der Waals surface area contributed by atoms with Gasteiger partial charge in [0, 0.05) is 31.3 Å². The molecule has 4 aromatic heterocycles. The number of hydrogen-bond acceptors (Lipinski definition) is 7. The fraction of sp³-hybridized carbons (Fsp3) is 0.250. The number of pyridine rings is 1. The lowest BCUT2D eigenvalue weighted by atomic mass is 10.0. The molecule has 0 amide bonds. The Labute approximate surface area is 241 Å². The molecule has 0 aliphatic rings. The van der Waals surface area contributed by atoms with Crippen LogP contribution >= 0.6 is 11.6 Å². The summed E-state index contributed by atoms with van der Waals surface area (Å²) in [6.07, 6.45) is -0.952. The summed E-state index contributed by atoms with van der Waals surface area (Å²) in [5, 5.41) is 30.5. The molecular formula is C24H17ClF7N9O2. The Morgan fingerprint density at radius 1 is 1.05 bits per heavy atom. The highest BCUT2D eigenvalue weighted by atomic mass is 35.5. The fourth-order valence-corrected chi connectivity index (χ4v) is 4.53. The predicted molar refractivity (Wildman–Crippen MR) is 133 cm³/mol. The van der Waals surface area contributed by atoms with Crippen molar-refractivity contribution in [2.75, 3.05) is 6.61 Å². The normalized spacial score (nSPS) is 12.8. The minimum atomic E-state index is -4.82. The lowest BCUT2D eigenvalue weighted by Crippen LogP contribution is -2.36. The molecule has 4 heterocycles. The molecule has 43 heavy (non-hydrogen) atoms. The monoisotopic (exact) mass is 631 g/mol. The van der Waals surface area contributed by atoms with Crippen molar-refractivity contribution in [3.8, 4) is 28.1 Å². The van der Waals surface area contributed by atoms with E-state index in [0.29, 0.717) is 15.6 Å². The van der Waals surface area contributed by atoms with Crippen molar-refractivity contribution in [2.45, 2.75) is 25.3 Å². The van der Waals surface area contributed by atoms with Crippen LogP contribution in [0.1, 0.15) is 23.9 Å². The summed E-state index contributed by atoms with van der Waals surface area (Å²) in [4.78, 5) is 0. The minimum absolute atomic E-state index is 0.0232. The largest absolute Gasteiger partial charge is 0.618 e. The van der Waals surface area contributed by atoms with Crippen LogP contribution in [0.4, 0.5) is 30.7 Å². The summed E-state index contributed by atoms with van der Waals surface area (Å²) < 4.78 is 102. The van der Waals surface area contributed by atoms with Crippen LogP contribution < -0.4 is 4.73 Å². The van der Waals surface area contributed by atoms with E-state index in [2.05, 4.69) is 30.5 Å². The molecule has 0 spiro atoms. The first-order valence-electron chi connectivity index (χ1n) is 12.1. The van der Waals surface area contributed by atoms with Crippen molar-refractivity contribution in [3.63, 3.8) is 0 Å². The van der Waals surface area contributed by atoms with Gasteiger partial charge in [-0.3, -0.25) is 4.68 Å². The van der Waals surface area contributed by atoms with Crippen LogP contribution in [0.15, 0.2) is 49.1 Å². The molecule has 5 aromatic rings. The van der Waals surface area contributed by atoms with Crippen LogP contribution in [0.25, 0.3) is 28.1 Å². The molecule has 11 nitrogen and oxygen atoms in total. The van der Waals surface area contributed by atoms with Crippen LogP contribution in [0.5, 0.6) is 0 Å². The Kier molecular flexibility index (Phi) is 8.06. The maximum absolute atomic E-state index is 15.3. The van der Waals surface area contributed by atoms with E-state index in [9.17, 15) is 31.5 Å². The molecule has 5 rings (SSSR count). The van der Waals surface area contributed by atoms with Crippen molar-refractivity contribution in [1.29, 1.82) is 0 Å². The third kappa shape index (κ3) is 6.00. The second-order valence-electron chi connectivity index (χ2n) is 8.97. The highest BCUT2D eigenvalue weighted by molar-refractivity contribution is 6.31. The summed E-state index contributed by atoms with van der Waals surface area (Å²) in [5.41, 5.74) is -1.88. The van der Waals surface area contributed by atoms with Crippen molar-refractivity contribution in [2.24, 2.45) is 7.05 Å². The van der Waals surface area contributed by atoms with Gasteiger partial charge in [0.05, 0.1) is 40.8 Å². The minimum Gasteiger partial charge on any atom is -0.618 e. The third-order valence-electron chi connectivity index (χ3n) is 6.29. The van der Waals surface area contributed by atoms with E-state index in [0.717, 1.165) is 16.9 Å². The summed E-state index contributed by atoms with van der Waals surface area (Å²) in [5.74, 6) is -1.95. The van der Waals surface area contributed by atoms with Crippen LogP contribution in [0.3, 0.4) is 0 Å². The maximum Gasteiger partial charge on any atom is 0.436 e. The molecule has 0 unspecified atom stereocenters. The molecule has 226 valence electrons. The predicted octanol–water partition coefficient (Wildman–Crippen LogP) is 4.73. The number of hydrogen-bond donors (Lipinski definition) is 0. The smallest absolute Gasteiger partial charge is 0.436 e. The van der Waals surface area contributed by atoms with Crippen molar-refractivity contribution < 1.29 is 40.2 Å². The zero-order valence-electron chi connectivity index (χ0n) is 21.6. The summed E-state index contributed by atoms with van der Waals surface area (Å²) >= 11 is 5.94. The molecule has 19 heteroatoms. The molecule has 0 aliphatic carbocycles. The lowest BCUT2D eigenvalue weighted by molar-refractivity contribution is -0.615. The summed E-state index contributed by atoms with van der Waals surface area (Å²) in [6.45, 7) is -3.61. The third-order valence-corrected chi connectivity index (χ3v) is 6.59. The molecular weight excluding hydrogens is 615 g/mol. The number of ether oxygens (including phenoxy) is 1. The molecule has 0 N–H and O–H groups in total. The zero-order valence-corrected chi connectivity index (χ0v) is 22.3. The second-order valence-corrected chi connectivity index (χ2v) is 9.37. The average Bonchev–Trinajstić information content (AvgIpc) is 3.69. The Balaban J connectivity index is 1.56. The molecule has 0 radical (unpaired) electrons.